The highest BCUT2D eigenvalue weighted by Gasteiger charge is 2.36. The molecule has 1 aliphatic heterocycles. The SMILES string of the molecule is COC(=O)Cc1[nH]nc2c1[C@@H](c1ccccc1F)C(C#N)=C(N)O2. The Labute approximate surface area is 136 Å². The highest BCUT2D eigenvalue weighted by atomic mass is 19.1. The number of nitrogens with two attached hydrogens (primary N) is 1. The number of carbonyl (C=O) groups excluding carboxylic acids is 1. The molecule has 0 fully saturated rings. The maximum absolute atomic E-state index is 14.3. The van der Waals surface area contributed by atoms with Gasteiger partial charge in [-0.1, -0.05) is 18.2 Å². The summed E-state index contributed by atoms with van der Waals surface area (Å²) in [6.45, 7) is 0. The van der Waals surface area contributed by atoms with Gasteiger partial charge in [0.15, 0.2) is 0 Å². The highest BCUT2D eigenvalue weighted by Crippen LogP contribution is 2.43. The first-order valence-electron chi connectivity index (χ1n) is 7.02. The lowest BCUT2D eigenvalue weighted by Gasteiger charge is -2.24. The Morgan fingerprint density at radius 3 is 2.96 bits per heavy atom. The standard InChI is InChI=1S/C16H13FN4O3/c1-23-12(22)6-11-14-13(8-4-2-3-5-10(8)17)9(7-18)15(19)24-16(14)21-20-11/h2-5,13H,6,19H2,1H3,(H,20,21)/t13-/m0/s1. The second-order valence-electron chi connectivity index (χ2n) is 5.12. The summed E-state index contributed by atoms with van der Waals surface area (Å²) in [5, 5.41) is 16.1. The highest BCUT2D eigenvalue weighted by molar-refractivity contribution is 5.73. The lowest BCUT2D eigenvalue weighted by Crippen LogP contribution is -2.22. The van der Waals surface area contributed by atoms with Crippen molar-refractivity contribution in [3.63, 3.8) is 0 Å². The van der Waals surface area contributed by atoms with Gasteiger partial charge in [0.05, 0.1) is 30.7 Å². The van der Waals surface area contributed by atoms with Crippen LogP contribution < -0.4 is 10.5 Å². The molecule has 7 nitrogen and oxygen atoms in total. The van der Waals surface area contributed by atoms with Gasteiger partial charge in [-0.05, 0) is 6.07 Å². The first kappa shape index (κ1) is 15.6. The normalized spacial score (nSPS) is 16.1. The van der Waals surface area contributed by atoms with Crippen molar-refractivity contribution in [1.29, 1.82) is 5.26 Å². The van der Waals surface area contributed by atoms with Crippen molar-refractivity contribution < 1.29 is 18.7 Å². The molecule has 1 aromatic carbocycles. The fraction of sp³-hybridized carbons (Fsp3) is 0.188. The van der Waals surface area contributed by atoms with E-state index in [-0.39, 0.29) is 29.3 Å². The van der Waals surface area contributed by atoms with Gasteiger partial charge in [0, 0.05) is 5.56 Å². The molecule has 3 rings (SSSR count). The number of rotatable bonds is 3. The Kier molecular flexibility index (Phi) is 3.92. The maximum Gasteiger partial charge on any atom is 0.311 e. The molecule has 0 unspecified atom stereocenters. The van der Waals surface area contributed by atoms with Crippen molar-refractivity contribution in [3.8, 4) is 11.9 Å². The number of methoxy groups -OCH3 is 1. The van der Waals surface area contributed by atoms with Crippen LogP contribution in [0.3, 0.4) is 0 Å². The number of fused-ring (bicyclic) bond motifs is 1. The predicted molar refractivity (Wildman–Crippen MR) is 80.0 cm³/mol. The number of carbonyl (C=O) groups is 1. The molecule has 2 aromatic rings. The summed E-state index contributed by atoms with van der Waals surface area (Å²) in [5.41, 5.74) is 6.87. The Morgan fingerprint density at radius 1 is 1.54 bits per heavy atom. The summed E-state index contributed by atoms with van der Waals surface area (Å²) in [7, 11) is 1.26. The number of H-pyrrole nitrogens is 1. The predicted octanol–water partition coefficient (Wildman–Crippen LogP) is 1.48. The minimum absolute atomic E-state index is 0.0557. The minimum Gasteiger partial charge on any atom is -0.469 e. The fourth-order valence-electron chi connectivity index (χ4n) is 2.68. The van der Waals surface area contributed by atoms with Crippen LogP contribution in [0.5, 0.6) is 5.88 Å². The van der Waals surface area contributed by atoms with E-state index in [1.807, 2.05) is 6.07 Å². The van der Waals surface area contributed by atoms with Gasteiger partial charge in [-0.3, -0.25) is 9.89 Å². The minimum atomic E-state index is -0.821. The van der Waals surface area contributed by atoms with Crippen LogP contribution in [0.1, 0.15) is 22.7 Å². The zero-order chi connectivity index (χ0) is 17.3. The molecular formula is C16H13FN4O3. The average molecular weight is 328 g/mol. The molecule has 1 aliphatic rings. The van der Waals surface area contributed by atoms with Gasteiger partial charge < -0.3 is 15.2 Å². The molecular weight excluding hydrogens is 315 g/mol. The molecule has 0 bridgehead atoms. The maximum atomic E-state index is 14.3. The zero-order valence-corrected chi connectivity index (χ0v) is 12.7. The third-order valence-electron chi connectivity index (χ3n) is 3.78. The summed E-state index contributed by atoms with van der Waals surface area (Å²) in [6, 6.07) is 7.99. The molecule has 0 amide bonds. The van der Waals surface area contributed by atoms with Crippen LogP contribution >= 0.6 is 0 Å². The molecule has 8 heteroatoms. The summed E-state index contributed by atoms with van der Waals surface area (Å²) in [4.78, 5) is 11.6. The van der Waals surface area contributed by atoms with E-state index in [4.69, 9.17) is 10.5 Å². The van der Waals surface area contributed by atoms with Crippen molar-refractivity contribution in [1.82, 2.24) is 10.2 Å². The molecule has 3 N–H and O–H groups in total. The second kappa shape index (κ2) is 6.04. The summed E-state index contributed by atoms with van der Waals surface area (Å²) in [6.07, 6.45) is -0.119. The van der Waals surface area contributed by atoms with E-state index in [2.05, 4.69) is 14.9 Å². The molecule has 0 aliphatic carbocycles. The van der Waals surface area contributed by atoms with Crippen LogP contribution in [0.25, 0.3) is 0 Å². The van der Waals surface area contributed by atoms with Crippen LogP contribution in [0.15, 0.2) is 35.7 Å². The zero-order valence-electron chi connectivity index (χ0n) is 12.7. The van der Waals surface area contributed by atoms with Crippen LogP contribution in [0.2, 0.25) is 0 Å². The topological polar surface area (TPSA) is 114 Å². The quantitative estimate of drug-likeness (QED) is 0.825. The third-order valence-corrected chi connectivity index (χ3v) is 3.78. The number of aromatic nitrogens is 2. The van der Waals surface area contributed by atoms with Crippen LogP contribution in [-0.4, -0.2) is 23.3 Å². The molecule has 0 radical (unpaired) electrons. The van der Waals surface area contributed by atoms with E-state index in [1.165, 1.54) is 13.2 Å². The number of halogens is 1. The van der Waals surface area contributed by atoms with Crippen LogP contribution in [0, 0.1) is 17.1 Å². The number of nitrogens with zero attached hydrogens (tertiary/aromatic N) is 2. The van der Waals surface area contributed by atoms with E-state index in [9.17, 15) is 14.4 Å². The van der Waals surface area contributed by atoms with Crippen molar-refractivity contribution in [2.75, 3.05) is 7.11 Å². The summed E-state index contributed by atoms with van der Waals surface area (Å²) < 4.78 is 24.3. The number of aromatic amines is 1. The monoisotopic (exact) mass is 328 g/mol. The number of hydrogen-bond donors (Lipinski definition) is 2. The van der Waals surface area contributed by atoms with Gasteiger partial charge in [0.2, 0.25) is 11.8 Å². The lowest BCUT2D eigenvalue weighted by molar-refractivity contribution is -0.139. The van der Waals surface area contributed by atoms with Gasteiger partial charge in [-0.25, -0.2) is 4.39 Å². The Hall–Kier alpha value is -3.34. The van der Waals surface area contributed by atoms with Crippen molar-refractivity contribution in [3.05, 3.63) is 58.4 Å². The number of hydrogen-bond acceptors (Lipinski definition) is 6. The van der Waals surface area contributed by atoms with E-state index in [0.29, 0.717) is 11.3 Å². The van der Waals surface area contributed by atoms with Crippen molar-refractivity contribution in [2.24, 2.45) is 5.73 Å². The van der Waals surface area contributed by atoms with Gasteiger partial charge in [-0.2, -0.15) is 5.26 Å². The molecule has 0 saturated heterocycles. The number of ether oxygens (including phenoxy) is 2. The molecule has 122 valence electrons. The van der Waals surface area contributed by atoms with Crippen molar-refractivity contribution in [2.45, 2.75) is 12.3 Å². The average Bonchev–Trinajstić information content (AvgIpc) is 2.96. The lowest BCUT2D eigenvalue weighted by atomic mass is 9.83. The first-order valence-corrected chi connectivity index (χ1v) is 7.02. The van der Waals surface area contributed by atoms with Crippen LogP contribution in [-0.2, 0) is 16.0 Å². The summed E-state index contributed by atoms with van der Waals surface area (Å²) >= 11 is 0. The number of esters is 1. The molecule has 2 heterocycles. The van der Waals surface area contributed by atoms with Gasteiger partial charge in [0.1, 0.15) is 17.5 Å². The Bertz CT molecular complexity index is 882. The van der Waals surface area contributed by atoms with E-state index < -0.39 is 17.7 Å². The molecule has 24 heavy (non-hydrogen) atoms. The number of nitrogens with one attached hydrogen (secondary N) is 1. The number of benzene rings is 1. The smallest absolute Gasteiger partial charge is 0.311 e. The van der Waals surface area contributed by atoms with E-state index >= 15 is 0 Å². The van der Waals surface area contributed by atoms with Gasteiger partial charge in [-0.15, -0.1) is 5.10 Å². The molecule has 1 atom stereocenters. The van der Waals surface area contributed by atoms with E-state index in [0.717, 1.165) is 0 Å². The van der Waals surface area contributed by atoms with Crippen LogP contribution in [0.4, 0.5) is 4.39 Å². The largest absolute Gasteiger partial charge is 0.469 e. The number of nitriles is 1. The molecule has 0 spiro atoms. The van der Waals surface area contributed by atoms with Crippen molar-refractivity contribution >= 4 is 5.97 Å². The third kappa shape index (κ3) is 2.46. The second-order valence-corrected chi connectivity index (χ2v) is 5.12. The summed E-state index contributed by atoms with van der Waals surface area (Å²) in [5.74, 6) is -1.86. The molecule has 0 saturated carbocycles. The Balaban J connectivity index is 2.20. The molecule has 1 aromatic heterocycles. The fourth-order valence-corrected chi connectivity index (χ4v) is 2.68. The van der Waals surface area contributed by atoms with Gasteiger partial charge >= 0.3 is 5.97 Å². The number of allylic oxidation sites excluding steroid dienone is 1. The van der Waals surface area contributed by atoms with Gasteiger partial charge in [0.25, 0.3) is 0 Å². The Morgan fingerprint density at radius 2 is 2.29 bits per heavy atom. The van der Waals surface area contributed by atoms with E-state index in [1.54, 1.807) is 18.2 Å². The first-order chi connectivity index (χ1) is 11.6.